The van der Waals surface area contributed by atoms with Crippen LogP contribution >= 0.6 is 11.6 Å². The van der Waals surface area contributed by atoms with Crippen molar-refractivity contribution in [2.45, 2.75) is 13.3 Å². The van der Waals surface area contributed by atoms with Crippen LogP contribution in [0.1, 0.15) is 13.3 Å². The minimum absolute atomic E-state index is 0.00133. The number of ether oxygens (including phenoxy) is 1. The molecule has 0 radical (unpaired) electrons. The van der Waals surface area contributed by atoms with Crippen molar-refractivity contribution in [2.75, 3.05) is 0 Å². The quantitative estimate of drug-likeness (QED) is 0.655. The molecule has 0 aromatic heterocycles. The van der Waals surface area contributed by atoms with Gasteiger partial charge in [-0.05, 0) is 0 Å². The number of rotatable bonds is 2. The molecular formula is C13H11ClO3. The number of hydrogen-bond donors (Lipinski definition) is 1. The molecule has 1 N–H and O–H groups in total. The molecule has 3 nitrogen and oxygen atoms in total. The van der Waals surface area contributed by atoms with Crippen LogP contribution in [0.4, 0.5) is 0 Å². The van der Waals surface area contributed by atoms with Gasteiger partial charge in [0.1, 0.15) is 11.5 Å². The summed E-state index contributed by atoms with van der Waals surface area (Å²) in [6, 6.07) is 8.53. The lowest BCUT2D eigenvalue weighted by Gasteiger charge is -2.09. The van der Waals surface area contributed by atoms with Crippen LogP contribution < -0.4 is 4.74 Å². The summed E-state index contributed by atoms with van der Waals surface area (Å²) in [5.74, 6) is 0.0331. The van der Waals surface area contributed by atoms with Gasteiger partial charge in [0.15, 0.2) is 0 Å². The van der Waals surface area contributed by atoms with E-state index >= 15 is 0 Å². The van der Waals surface area contributed by atoms with Gasteiger partial charge in [0.2, 0.25) is 0 Å². The maximum Gasteiger partial charge on any atom is 0.310 e. The van der Waals surface area contributed by atoms with Crippen LogP contribution in [0, 0.1) is 0 Å². The molecule has 2 aromatic carbocycles. The molecule has 0 heterocycles. The van der Waals surface area contributed by atoms with E-state index in [1.807, 2.05) is 0 Å². The average molecular weight is 251 g/mol. The highest BCUT2D eigenvalue weighted by Gasteiger charge is 2.12. The Balaban J connectivity index is 2.63. The number of halogens is 1. The van der Waals surface area contributed by atoms with Gasteiger partial charge in [-0.25, -0.2) is 0 Å². The van der Waals surface area contributed by atoms with Crippen molar-refractivity contribution in [2.24, 2.45) is 0 Å². The normalized spacial score (nSPS) is 10.5. The van der Waals surface area contributed by atoms with E-state index in [4.69, 9.17) is 16.3 Å². The molecule has 88 valence electrons. The summed E-state index contributed by atoms with van der Waals surface area (Å²) in [6.45, 7) is 1.71. The van der Waals surface area contributed by atoms with Crippen molar-refractivity contribution >= 4 is 28.3 Å². The maximum absolute atomic E-state index is 11.3. The molecule has 0 aliphatic rings. The predicted octanol–water partition coefficient (Wildman–Crippen LogP) is 3.51. The first-order valence-corrected chi connectivity index (χ1v) is 5.62. The zero-order chi connectivity index (χ0) is 12.4. The van der Waals surface area contributed by atoms with Crippen LogP contribution in [0.3, 0.4) is 0 Å². The van der Waals surface area contributed by atoms with Crippen molar-refractivity contribution in [3.8, 4) is 11.5 Å². The van der Waals surface area contributed by atoms with E-state index in [0.717, 1.165) is 0 Å². The van der Waals surface area contributed by atoms with Gasteiger partial charge >= 0.3 is 5.97 Å². The first-order chi connectivity index (χ1) is 8.13. The van der Waals surface area contributed by atoms with E-state index in [-0.39, 0.29) is 23.2 Å². The Bertz CT molecular complexity index is 578. The molecule has 0 unspecified atom stereocenters. The molecule has 4 heteroatoms. The van der Waals surface area contributed by atoms with E-state index in [1.165, 1.54) is 6.07 Å². The van der Waals surface area contributed by atoms with Crippen LogP contribution in [0.5, 0.6) is 11.5 Å². The highest BCUT2D eigenvalue weighted by Crippen LogP contribution is 2.38. The number of phenolic OH excluding ortho intramolecular Hbond substituents is 1. The van der Waals surface area contributed by atoms with Gasteiger partial charge in [-0.2, -0.15) is 0 Å². The lowest BCUT2D eigenvalue weighted by atomic mass is 10.1. The molecule has 0 atom stereocenters. The third-order valence-electron chi connectivity index (χ3n) is 2.44. The van der Waals surface area contributed by atoms with Gasteiger partial charge < -0.3 is 9.84 Å². The third kappa shape index (κ3) is 2.19. The highest BCUT2D eigenvalue weighted by molar-refractivity contribution is 6.33. The number of esters is 1. The van der Waals surface area contributed by atoms with E-state index in [1.54, 1.807) is 31.2 Å². The van der Waals surface area contributed by atoms with Gasteiger partial charge in [0, 0.05) is 23.3 Å². The number of carbonyl (C=O) groups excluding carboxylic acids is 1. The Morgan fingerprint density at radius 1 is 1.35 bits per heavy atom. The fraction of sp³-hybridized carbons (Fsp3) is 0.154. The van der Waals surface area contributed by atoms with E-state index in [0.29, 0.717) is 16.5 Å². The molecule has 2 aromatic rings. The van der Waals surface area contributed by atoms with Gasteiger partial charge in [-0.3, -0.25) is 4.79 Å². The molecule has 0 bridgehead atoms. The fourth-order valence-electron chi connectivity index (χ4n) is 1.57. The van der Waals surface area contributed by atoms with Crippen molar-refractivity contribution in [3.63, 3.8) is 0 Å². The highest BCUT2D eigenvalue weighted by atomic mass is 35.5. The number of fused-ring (bicyclic) bond motifs is 1. The third-order valence-corrected chi connectivity index (χ3v) is 2.73. The Morgan fingerprint density at radius 3 is 2.65 bits per heavy atom. The zero-order valence-electron chi connectivity index (χ0n) is 9.24. The Hall–Kier alpha value is -1.74. The summed E-state index contributed by atoms with van der Waals surface area (Å²) < 4.78 is 5.18. The molecule has 17 heavy (non-hydrogen) atoms. The van der Waals surface area contributed by atoms with E-state index in [9.17, 15) is 9.90 Å². The summed E-state index contributed by atoms with van der Waals surface area (Å²) in [6.07, 6.45) is 0.285. The van der Waals surface area contributed by atoms with Crippen molar-refractivity contribution in [3.05, 3.63) is 35.4 Å². The molecule has 0 spiro atoms. The second kappa shape index (κ2) is 4.63. The number of carbonyl (C=O) groups is 1. The fourth-order valence-corrected chi connectivity index (χ4v) is 1.77. The van der Waals surface area contributed by atoms with Crippen LogP contribution in [0.2, 0.25) is 5.02 Å². The predicted molar refractivity (Wildman–Crippen MR) is 66.5 cm³/mol. The summed E-state index contributed by atoms with van der Waals surface area (Å²) in [4.78, 5) is 11.3. The number of phenols is 1. The minimum Gasteiger partial charge on any atom is -0.506 e. The van der Waals surface area contributed by atoms with Crippen molar-refractivity contribution in [1.29, 1.82) is 0 Å². The van der Waals surface area contributed by atoms with E-state index in [2.05, 4.69) is 0 Å². The van der Waals surface area contributed by atoms with Gasteiger partial charge in [-0.1, -0.05) is 42.8 Å². The van der Waals surface area contributed by atoms with Crippen LogP contribution in [0.15, 0.2) is 30.3 Å². The standard InChI is InChI=1S/C13H11ClO3/c1-2-12(15)17-11-7-10(14)13(16)9-6-4-3-5-8(9)11/h3-7,16H,2H2,1H3. The number of benzene rings is 2. The molecule has 0 aliphatic carbocycles. The SMILES string of the molecule is CCC(=O)Oc1cc(Cl)c(O)c2ccccc12. The maximum atomic E-state index is 11.3. The topological polar surface area (TPSA) is 46.5 Å². The summed E-state index contributed by atoms with van der Waals surface area (Å²) in [5.41, 5.74) is 0. The molecule has 0 aliphatic heterocycles. The second-order valence-electron chi connectivity index (χ2n) is 3.58. The minimum atomic E-state index is -0.336. The van der Waals surface area contributed by atoms with Crippen LogP contribution in [-0.4, -0.2) is 11.1 Å². The van der Waals surface area contributed by atoms with Crippen molar-refractivity contribution < 1.29 is 14.6 Å². The summed E-state index contributed by atoms with van der Waals surface area (Å²) >= 11 is 5.88. The summed E-state index contributed by atoms with van der Waals surface area (Å²) in [7, 11) is 0. The first kappa shape index (κ1) is 11.7. The average Bonchev–Trinajstić information content (AvgIpc) is 2.35. The smallest absolute Gasteiger partial charge is 0.310 e. The zero-order valence-corrected chi connectivity index (χ0v) is 9.99. The van der Waals surface area contributed by atoms with Crippen LogP contribution in [-0.2, 0) is 4.79 Å². The molecule has 2 rings (SSSR count). The second-order valence-corrected chi connectivity index (χ2v) is 3.99. The van der Waals surface area contributed by atoms with Gasteiger partial charge in [-0.15, -0.1) is 0 Å². The van der Waals surface area contributed by atoms with Gasteiger partial charge in [0.05, 0.1) is 5.02 Å². The Kier molecular flexibility index (Phi) is 3.20. The van der Waals surface area contributed by atoms with E-state index < -0.39 is 0 Å². The van der Waals surface area contributed by atoms with Crippen LogP contribution in [0.25, 0.3) is 10.8 Å². The molecule has 0 saturated heterocycles. The monoisotopic (exact) mass is 250 g/mol. The Morgan fingerprint density at radius 2 is 2.00 bits per heavy atom. The van der Waals surface area contributed by atoms with Crippen molar-refractivity contribution in [1.82, 2.24) is 0 Å². The molecule has 0 amide bonds. The molecule has 0 saturated carbocycles. The molecular weight excluding hydrogens is 240 g/mol. The largest absolute Gasteiger partial charge is 0.506 e. The number of aromatic hydroxyl groups is 1. The first-order valence-electron chi connectivity index (χ1n) is 5.24. The van der Waals surface area contributed by atoms with Gasteiger partial charge in [0.25, 0.3) is 0 Å². The lowest BCUT2D eigenvalue weighted by molar-refractivity contribution is -0.133. The Labute approximate surface area is 104 Å². The number of hydrogen-bond acceptors (Lipinski definition) is 3. The lowest BCUT2D eigenvalue weighted by Crippen LogP contribution is -2.05. The molecule has 0 fully saturated rings. The summed E-state index contributed by atoms with van der Waals surface area (Å²) in [5, 5.41) is 11.2.